The van der Waals surface area contributed by atoms with E-state index in [0.29, 0.717) is 0 Å². The Morgan fingerprint density at radius 1 is 1.25 bits per heavy atom. The fourth-order valence-corrected chi connectivity index (χ4v) is 1.04. The van der Waals surface area contributed by atoms with Crippen LogP contribution in [0.3, 0.4) is 0 Å². The van der Waals surface area contributed by atoms with E-state index in [1.807, 2.05) is 0 Å². The summed E-state index contributed by atoms with van der Waals surface area (Å²) in [4.78, 5) is 27.5. The van der Waals surface area contributed by atoms with E-state index in [-0.39, 0.29) is 0 Å². The Morgan fingerprint density at radius 2 is 1.75 bits per heavy atom. The van der Waals surface area contributed by atoms with Crippen LogP contribution in [-0.4, -0.2) is 67.5 Å². The molecule has 0 aromatic carbocycles. The first-order chi connectivity index (χ1) is 7.19. The van der Waals surface area contributed by atoms with Gasteiger partial charge in [-0.3, -0.25) is 9.32 Å². The molecule has 0 aromatic heterocycles. The van der Waals surface area contributed by atoms with E-state index < -0.39 is 45.1 Å². The minimum Gasteiger partial charge on any atom is -0.394 e. The molecule has 0 amide bonds. The molecule has 16 heavy (non-hydrogen) atoms. The van der Waals surface area contributed by atoms with Crippen LogP contribution in [-0.2, 0) is 13.9 Å². The van der Waals surface area contributed by atoms with Gasteiger partial charge in [0.1, 0.15) is 24.9 Å². The van der Waals surface area contributed by atoms with Gasteiger partial charge < -0.3 is 30.2 Å². The summed E-state index contributed by atoms with van der Waals surface area (Å²) in [7, 11) is -4.85. The Balaban J connectivity index is 4.23. The fraction of sp³-hybridized carbons (Fsp3) is 0.833. The van der Waals surface area contributed by atoms with Gasteiger partial charge in [0, 0.05) is 0 Å². The number of carbonyl (C=O) groups is 1. The molecule has 0 aliphatic rings. The molecule has 0 unspecified atom stereocenters. The second kappa shape index (κ2) is 6.38. The zero-order chi connectivity index (χ0) is 12.9. The number of hydrogen-bond acceptors (Lipinski definition) is 7. The molecule has 0 aliphatic carbocycles. The van der Waals surface area contributed by atoms with Gasteiger partial charge in [-0.15, -0.1) is 0 Å². The summed E-state index contributed by atoms with van der Waals surface area (Å²) in [6.45, 7) is -2.01. The normalized spacial score (nSPS) is 17.9. The van der Waals surface area contributed by atoms with E-state index in [4.69, 9.17) is 30.2 Å². The number of ketones is 1. The lowest BCUT2D eigenvalue weighted by atomic mass is 11.0. The van der Waals surface area contributed by atoms with E-state index in [0.717, 1.165) is 0 Å². The zero-order valence-corrected chi connectivity index (χ0v) is 8.90. The summed E-state index contributed by atoms with van der Waals surface area (Å²) in [6, 6.07) is 0. The van der Waals surface area contributed by atoms with E-state index in [1.165, 1.54) is 0 Å². The predicted octanol–water partition coefficient (Wildman–Crippen LogP) is -3.26. The van der Waals surface area contributed by atoms with Crippen molar-refractivity contribution < 1.29 is 44.1 Å². The van der Waals surface area contributed by atoms with Crippen LogP contribution in [0.4, 0.5) is 0 Å². The molecule has 96 valence electrons. The van der Waals surface area contributed by atoms with E-state index in [2.05, 4.69) is 4.52 Å². The molecule has 0 fully saturated rings. The Hall–Kier alpha value is -0.380. The lowest BCUT2D eigenvalue weighted by Gasteiger charge is -2.20. The van der Waals surface area contributed by atoms with Gasteiger partial charge in [0.2, 0.25) is 0 Å². The number of carbonyl (C=O) groups excluding carboxylic acids is 1. The number of aliphatic hydroxyl groups excluding tert-OH is 4. The molecule has 0 saturated carbocycles. The van der Waals surface area contributed by atoms with Crippen LogP contribution in [0.25, 0.3) is 0 Å². The summed E-state index contributed by atoms with van der Waals surface area (Å²) >= 11 is 0. The molecule has 9 nitrogen and oxygen atoms in total. The lowest BCUT2D eigenvalue weighted by Crippen LogP contribution is -2.45. The first-order valence-electron chi connectivity index (χ1n) is 4.07. The Labute approximate surface area is 90.2 Å². The third kappa shape index (κ3) is 5.64. The van der Waals surface area contributed by atoms with Gasteiger partial charge in [-0.05, 0) is 0 Å². The minimum absolute atomic E-state index is 0.884. The van der Waals surface area contributed by atoms with Crippen LogP contribution >= 0.6 is 7.82 Å². The van der Waals surface area contributed by atoms with Gasteiger partial charge in [-0.1, -0.05) is 0 Å². The smallest absolute Gasteiger partial charge is 0.394 e. The van der Waals surface area contributed by atoms with Crippen molar-refractivity contribution in [2.24, 2.45) is 0 Å². The van der Waals surface area contributed by atoms with Crippen molar-refractivity contribution in [2.45, 2.75) is 18.3 Å². The molecule has 10 heteroatoms. The molecule has 0 radical (unpaired) electrons. The third-order valence-corrected chi connectivity index (χ3v) is 2.08. The van der Waals surface area contributed by atoms with Crippen LogP contribution in [0.15, 0.2) is 0 Å². The van der Waals surface area contributed by atoms with Crippen LogP contribution in [0, 0.1) is 0 Å². The van der Waals surface area contributed by atoms with Gasteiger partial charge in [0.05, 0.1) is 6.61 Å². The summed E-state index contributed by atoms with van der Waals surface area (Å²) in [6.07, 6.45) is -5.81. The number of Topliss-reactive ketones (excluding diaryl/α,β-unsaturated/α-hetero) is 1. The van der Waals surface area contributed by atoms with Gasteiger partial charge in [-0.2, -0.15) is 0 Å². The Bertz CT molecular complexity index is 273. The molecule has 0 aliphatic heterocycles. The molecular weight excluding hydrogens is 253 g/mol. The molecule has 0 spiro atoms. The fourth-order valence-electron chi connectivity index (χ4n) is 0.742. The predicted molar refractivity (Wildman–Crippen MR) is 48.1 cm³/mol. The average molecular weight is 266 g/mol. The number of hydrogen-bond donors (Lipinski definition) is 6. The summed E-state index contributed by atoms with van der Waals surface area (Å²) in [5.41, 5.74) is 0. The van der Waals surface area contributed by atoms with Crippen molar-refractivity contribution in [2.75, 3.05) is 13.2 Å². The van der Waals surface area contributed by atoms with E-state index in [9.17, 15) is 9.36 Å². The van der Waals surface area contributed by atoms with Crippen molar-refractivity contribution in [1.29, 1.82) is 0 Å². The van der Waals surface area contributed by atoms with Crippen molar-refractivity contribution in [1.82, 2.24) is 0 Å². The molecular formula is C6H13O9P. The Kier molecular flexibility index (Phi) is 6.23. The van der Waals surface area contributed by atoms with Crippen molar-refractivity contribution in [3.63, 3.8) is 0 Å². The van der Waals surface area contributed by atoms with E-state index >= 15 is 0 Å². The lowest BCUT2D eigenvalue weighted by molar-refractivity contribution is -0.142. The highest BCUT2D eigenvalue weighted by Gasteiger charge is 2.31. The number of aliphatic hydroxyl groups is 4. The number of phosphoric ester groups is 1. The van der Waals surface area contributed by atoms with Crippen LogP contribution in [0.1, 0.15) is 0 Å². The third-order valence-electron chi connectivity index (χ3n) is 1.61. The first-order valence-corrected chi connectivity index (χ1v) is 5.60. The zero-order valence-electron chi connectivity index (χ0n) is 8.00. The first kappa shape index (κ1) is 15.6. The maximum Gasteiger partial charge on any atom is 0.470 e. The molecule has 0 saturated heterocycles. The van der Waals surface area contributed by atoms with E-state index in [1.54, 1.807) is 0 Å². The quantitative estimate of drug-likeness (QED) is 0.205. The van der Waals surface area contributed by atoms with Crippen molar-refractivity contribution >= 4 is 13.6 Å². The largest absolute Gasteiger partial charge is 0.470 e. The van der Waals surface area contributed by atoms with Crippen LogP contribution in [0.5, 0.6) is 0 Å². The van der Waals surface area contributed by atoms with Crippen LogP contribution in [0.2, 0.25) is 0 Å². The SMILES string of the molecule is O=[13C]([13CH2]OP(=O)(O)O)[13C@@H](O)[13C@H](O)[13C@H](O)[13CH2]O. The second-order valence-electron chi connectivity index (χ2n) is 2.92. The Morgan fingerprint density at radius 3 is 2.12 bits per heavy atom. The van der Waals surface area contributed by atoms with Crippen molar-refractivity contribution in [3.05, 3.63) is 0 Å². The topological polar surface area (TPSA) is 165 Å². The molecule has 0 heterocycles. The standard InChI is InChI=1S/C6H13O9P/c7-1-3(8)5(10)6(11)4(9)2-15-16(12,13)14/h3,5-8,10-11H,1-2H2,(H2,12,13,14)/t3-,5-,6-/m1/s1/i1+1,2+1,3+1,4+1,5+1,6+1. The second-order valence-corrected chi connectivity index (χ2v) is 4.16. The van der Waals surface area contributed by atoms with Gasteiger partial charge in [-0.25, -0.2) is 4.57 Å². The highest BCUT2D eigenvalue weighted by atomic mass is 31.2. The summed E-state index contributed by atoms with van der Waals surface area (Å²) < 4.78 is 14.0. The van der Waals surface area contributed by atoms with Gasteiger partial charge in [0.15, 0.2) is 5.78 Å². The highest BCUT2D eigenvalue weighted by Crippen LogP contribution is 2.35. The van der Waals surface area contributed by atoms with Crippen molar-refractivity contribution in [3.8, 4) is 0 Å². The maximum absolute atomic E-state index is 11.0. The molecule has 3 atom stereocenters. The van der Waals surface area contributed by atoms with Gasteiger partial charge >= 0.3 is 7.82 Å². The number of phosphoric acid groups is 1. The highest BCUT2D eigenvalue weighted by molar-refractivity contribution is 7.46. The van der Waals surface area contributed by atoms with Crippen LogP contribution < -0.4 is 0 Å². The molecule has 6 N–H and O–H groups in total. The number of rotatable bonds is 7. The molecule has 0 bridgehead atoms. The maximum atomic E-state index is 11.0. The average Bonchev–Trinajstić information content (AvgIpc) is 2.21. The molecule has 0 aromatic rings. The summed E-state index contributed by atoms with van der Waals surface area (Å²) in [5.74, 6) is -1.23. The monoisotopic (exact) mass is 266 g/mol. The molecule has 0 rings (SSSR count). The van der Waals surface area contributed by atoms with Gasteiger partial charge in [0.25, 0.3) is 0 Å². The minimum atomic E-state index is -4.85. The summed E-state index contributed by atoms with van der Waals surface area (Å²) in [5, 5.41) is 35.4.